The van der Waals surface area contributed by atoms with Gasteiger partial charge in [-0.1, -0.05) is 46.3 Å². The molecule has 0 aliphatic rings. The Morgan fingerprint density at radius 1 is 1.04 bits per heavy atom. The molecule has 0 saturated carbocycles. The summed E-state index contributed by atoms with van der Waals surface area (Å²) in [6, 6.07) is 16.1. The van der Waals surface area contributed by atoms with Gasteiger partial charge in [0.05, 0.1) is 12.8 Å². The zero-order valence-electron chi connectivity index (χ0n) is 14.0. The average Bonchev–Trinajstić information content (AvgIpc) is 2.68. The van der Waals surface area contributed by atoms with Crippen LogP contribution in [-0.2, 0) is 4.74 Å². The maximum atomic E-state index is 12.7. The van der Waals surface area contributed by atoms with Crippen LogP contribution >= 0.6 is 15.9 Å². The van der Waals surface area contributed by atoms with Crippen molar-refractivity contribution in [1.82, 2.24) is 9.97 Å². The van der Waals surface area contributed by atoms with Crippen molar-refractivity contribution in [3.05, 3.63) is 82.2 Å². The summed E-state index contributed by atoms with van der Waals surface area (Å²) in [7, 11) is 0. The van der Waals surface area contributed by atoms with Crippen molar-refractivity contribution < 1.29 is 14.3 Å². The first-order valence-corrected chi connectivity index (χ1v) is 8.79. The number of carbonyl (C=O) groups is 2. The Hall–Kier alpha value is -2.86. The maximum absolute atomic E-state index is 12.7. The van der Waals surface area contributed by atoms with Crippen molar-refractivity contribution in [2.75, 3.05) is 6.61 Å². The number of hydrogen-bond acceptors (Lipinski definition) is 5. The molecule has 1 heterocycles. The fourth-order valence-electron chi connectivity index (χ4n) is 2.40. The SMILES string of the molecule is CCOC(=O)c1nc(C(=O)c2ccc(Br)cc2)cnc1-c1ccccc1. The molecule has 0 unspecified atom stereocenters. The molecule has 0 saturated heterocycles. The topological polar surface area (TPSA) is 69.2 Å². The van der Waals surface area contributed by atoms with Crippen molar-refractivity contribution in [3.8, 4) is 11.3 Å². The number of nitrogens with zero attached hydrogens (tertiary/aromatic N) is 2. The second kappa shape index (κ2) is 8.01. The van der Waals surface area contributed by atoms with Gasteiger partial charge in [-0.25, -0.2) is 9.78 Å². The van der Waals surface area contributed by atoms with Crippen LogP contribution in [0.15, 0.2) is 65.3 Å². The summed E-state index contributed by atoms with van der Waals surface area (Å²) in [5.74, 6) is -0.917. The summed E-state index contributed by atoms with van der Waals surface area (Å²) >= 11 is 3.33. The lowest BCUT2D eigenvalue weighted by Crippen LogP contribution is -2.14. The van der Waals surface area contributed by atoms with Crippen molar-refractivity contribution >= 4 is 27.7 Å². The first-order valence-electron chi connectivity index (χ1n) is 8.00. The molecule has 0 radical (unpaired) electrons. The Bertz CT molecular complexity index is 941. The van der Waals surface area contributed by atoms with Crippen LogP contribution in [0.25, 0.3) is 11.3 Å². The number of benzene rings is 2. The minimum Gasteiger partial charge on any atom is -0.461 e. The molecule has 0 N–H and O–H groups in total. The molecule has 26 heavy (non-hydrogen) atoms. The molecule has 0 aliphatic heterocycles. The summed E-state index contributed by atoms with van der Waals surface area (Å²) < 4.78 is 5.95. The minimum atomic E-state index is -0.607. The van der Waals surface area contributed by atoms with Gasteiger partial charge >= 0.3 is 5.97 Å². The highest BCUT2D eigenvalue weighted by atomic mass is 79.9. The molecule has 0 aliphatic carbocycles. The summed E-state index contributed by atoms with van der Waals surface area (Å²) in [5, 5.41) is 0. The molecule has 130 valence electrons. The van der Waals surface area contributed by atoms with E-state index in [1.807, 2.05) is 30.3 Å². The largest absolute Gasteiger partial charge is 0.461 e. The fourth-order valence-corrected chi connectivity index (χ4v) is 2.66. The Balaban J connectivity index is 2.06. The summed E-state index contributed by atoms with van der Waals surface area (Å²) in [4.78, 5) is 33.6. The van der Waals surface area contributed by atoms with E-state index in [1.54, 1.807) is 31.2 Å². The van der Waals surface area contributed by atoms with Gasteiger partial charge in [-0.05, 0) is 31.2 Å². The van der Waals surface area contributed by atoms with E-state index in [2.05, 4.69) is 25.9 Å². The third kappa shape index (κ3) is 3.86. The van der Waals surface area contributed by atoms with Gasteiger partial charge in [0.2, 0.25) is 5.78 Å². The molecule has 3 aromatic rings. The average molecular weight is 411 g/mol. The van der Waals surface area contributed by atoms with E-state index in [4.69, 9.17) is 4.74 Å². The van der Waals surface area contributed by atoms with Crippen LogP contribution in [0, 0.1) is 0 Å². The summed E-state index contributed by atoms with van der Waals surface area (Å²) in [6.07, 6.45) is 1.38. The third-order valence-electron chi connectivity index (χ3n) is 3.63. The number of ether oxygens (including phenoxy) is 1. The minimum absolute atomic E-state index is 0.0287. The van der Waals surface area contributed by atoms with Crippen LogP contribution in [0.3, 0.4) is 0 Å². The van der Waals surface area contributed by atoms with Gasteiger partial charge in [-0.3, -0.25) is 9.78 Å². The van der Waals surface area contributed by atoms with E-state index in [-0.39, 0.29) is 23.8 Å². The number of halogens is 1. The van der Waals surface area contributed by atoms with Crippen molar-refractivity contribution in [2.45, 2.75) is 6.92 Å². The molecule has 0 amide bonds. The Kier molecular flexibility index (Phi) is 5.53. The molecule has 3 rings (SSSR count). The van der Waals surface area contributed by atoms with Gasteiger partial charge in [0, 0.05) is 15.6 Å². The molecule has 2 aromatic carbocycles. The first kappa shape index (κ1) is 17.9. The monoisotopic (exact) mass is 410 g/mol. The van der Waals surface area contributed by atoms with E-state index in [1.165, 1.54) is 6.20 Å². The fraction of sp³-hybridized carbons (Fsp3) is 0.100. The van der Waals surface area contributed by atoms with Crippen LogP contribution in [0.5, 0.6) is 0 Å². The smallest absolute Gasteiger partial charge is 0.359 e. The van der Waals surface area contributed by atoms with Crippen LogP contribution in [-0.4, -0.2) is 28.3 Å². The van der Waals surface area contributed by atoms with Gasteiger partial charge in [-0.2, -0.15) is 0 Å². The number of esters is 1. The highest BCUT2D eigenvalue weighted by Gasteiger charge is 2.21. The van der Waals surface area contributed by atoms with Gasteiger partial charge in [0.1, 0.15) is 11.4 Å². The number of ketones is 1. The maximum Gasteiger partial charge on any atom is 0.359 e. The lowest BCUT2D eigenvalue weighted by molar-refractivity contribution is 0.0520. The summed E-state index contributed by atoms with van der Waals surface area (Å²) in [5.41, 5.74) is 1.70. The van der Waals surface area contributed by atoms with E-state index in [0.29, 0.717) is 11.3 Å². The van der Waals surface area contributed by atoms with Crippen LogP contribution < -0.4 is 0 Å². The molecular formula is C20H15BrN2O3. The molecule has 1 aromatic heterocycles. The quantitative estimate of drug-likeness (QED) is 0.462. The zero-order valence-corrected chi connectivity index (χ0v) is 15.6. The number of carbonyl (C=O) groups excluding carboxylic acids is 2. The van der Waals surface area contributed by atoms with E-state index >= 15 is 0 Å². The lowest BCUT2D eigenvalue weighted by Gasteiger charge is -2.09. The lowest BCUT2D eigenvalue weighted by atomic mass is 10.1. The number of rotatable bonds is 5. The standard InChI is InChI=1S/C20H15BrN2O3/c1-2-26-20(25)18-17(13-6-4-3-5-7-13)22-12-16(23-18)19(24)14-8-10-15(21)11-9-14/h3-12H,2H2,1H3. The third-order valence-corrected chi connectivity index (χ3v) is 4.16. The molecule has 0 atom stereocenters. The number of aromatic nitrogens is 2. The summed E-state index contributed by atoms with van der Waals surface area (Å²) in [6.45, 7) is 1.92. The predicted molar refractivity (Wildman–Crippen MR) is 101 cm³/mol. The second-order valence-corrected chi connectivity index (χ2v) is 6.29. The Morgan fingerprint density at radius 2 is 1.73 bits per heavy atom. The molecule has 5 nitrogen and oxygen atoms in total. The molecule has 0 fully saturated rings. The van der Waals surface area contributed by atoms with Crippen LogP contribution in [0.2, 0.25) is 0 Å². The van der Waals surface area contributed by atoms with Gasteiger partial charge in [0.15, 0.2) is 5.69 Å². The van der Waals surface area contributed by atoms with E-state index in [0.717, 1.165) is 10.0 Å². The second-order valence-electron chi connectivity index (χ2n) is 5.37. The van der Waals surface area contributed by atoms with Gasteiger partial charge in [-0.15, -0.1) is 0 Å². The van der Waals surface area contributed by atoms with Gasteiger partial charge < -0.3 is 4.74 Å². The normalized spacial score (nSPS) is 10.4. The van der Waals surface area contributed by atoms with Crippen LogP contribution in [0.4, 0.5) is 0 Å². The highest BCUT2D eigenvalue weighted by Crippen LogP contribution is 2.22. The Morgan fingerprint density at radius 3 is 2.38 bits per heavy atom. The molecule has 0 bridgehead atoms. The Labute approximate surface area is 159 Å². The van der Waals surface area contributed by atoms with E-state index in [9.17, 15) is 9.59 Å². The van der Waals surface area contributed by atoms with Crippen molar-refractivity contribution in [2.24, 2.45) is 0 Å². The van der Waals surface area contributed by atoms with E-state index < -0.39 is 5.97 Å². The zero-order chi connectivity index (χ0) is 18.5. The van der Waals surface area contributed by atoms with Crippen LogP contribution in [0.1, 0.15) is 33.5 Å². The molecule has 0 spiro atoms. The van der Waals surface area contributed by atoms with Gasteiger partial charge in [0.25, 0.3) is 0 Å². The first-order chi connectivity index (χ1) is 12.6. The van der Waals surface area contributed by atoms with Crippen molar-refractivity contribution in [3.63, 3.8) is 0 Å². The van der Waals surface area contributed by atoms with Crippen molar-refractivity contribution in [1.29, 1.82) is 0 Å². The highest BCUT2D eigenvalue weighted by molar-refractivity contribution is 9.10. The predicted octanol–water partition coefficient (Wildman–Crippen LogP) is 4.31. The molecule has 6 heteroatoms. The molecular weight excluding hydrogens is 396 g/mol. The number of hydrogen-bond donors (Lipinski definition) is 0.